The second-order valence-corrected chi connectivity index (χ2v) is 6.23. The summed E-state index contributed by atoms with van der Waals surface area (Å²) in [5.74, 6) is 0.429. The van der Waals surface area contributed by atoms with Crippen LogP contribution in [0.2, 0.25) is 0 Å². The molecule has 0 heterocycles. The van der Waals surface area contributed by atoms with E-state index >= 15 is 0 Å². The van der Waals surface area contributed by atoms with E-state index in [9.17, 15) is 18.0 Å². The Morgan fingerprint density at radius 2 is 2.00 bits per heavy atom. The molecule has 1 rings (SSSR count). The Bertz CT molecular complexity index is 315. The topological polar surface area (TPSA) is 20.3 Å². The van der Waals surface area contributed by atoms with Gasteiger partial charge in [0.1, 0.15) is 5.78 Å². The van der Waals surface area contributed by atoms with Crippen molar-refractivity contribution in [1.29, 1.82) is 0 Å². The summed E-state index contributed by atoms with van der Waals surface area (Å²) in [7, 11) is 0. The fraction of sp³-hybridized carbons (Fsp3) is 0.933. The number of Topliss-reactive ketones (excluding diaryl/α,β-unsaturated/α-hetero) is 1. The van der Waals surface area contributed by atoms with Gasteiger partial charge in [0.25, 0.3) is 0 Å². The lowest BCUT2D eigenvalue weighted by atomic mass is 9.78. The van der Waals surface area contributed by atoms with Crippen LogP contribution in [0.3, 0.4) is 0 Å². The number of rotatable bonds is 6. The molecular weight excluding hydrogens is 267 g/mol. The minimum absolute atomic E-state index is 0.144. The minimum Gasteiger partial charge on any atom is -0.299 e. The number of ketones is 1. The van der Waals surface area contributed by atoms with E-state index in [0.717, 1.165) is 25.7 Å². The molecule has 2 atom stereocenters. The number of nitrogens with zero attached hydrogens (tertiary/aromatic N) is 1. The van der Waals surface area contributed by atoms with Gasteiger partial charge in [-0.2, -0.15) is 13.2 Å². The Morgan fingerprint density at radius 3 is 2.50 bits per heavy atom. The highest BCUT2D eigenvalue weighted by Crippen LogP contribution is 2.31. The van der Waals surface area contributed by atoms with Crippen LogP contribution in [-0.4, -0.2) is 36.0 Å². The van der Waals surface area contributed by atoms with Gasteiger partial charge >= 0.3 is 6.18 Å². The number of alkyl halides is 3. The van der Waals surface area contributed by atoms with Crippen LogP contribution in [0.15, 0.2) is 0 Å². The maximum Gasteiger partial charge on any atom is 0.401 e. The molecule has 20 heavy (non-hydrogen) atoms. The molecule has 1 aliphatic rings. The molecule has 0 aromatic rings. The summed E-state index contributed by atoms with van der Waals surface area (Å²) in [5.41, 5.74) is 0. The predicted octanol–water partition coefficient (Wildman–Crippen LogP) is 4.04. The van der Waals surface area contributed by atoms with Gasteiger partial charge in [-0.25, -0.2) is 0 Å². The monoisotopic (exact) mass is 293 g/mol. The Hall–Kier alpha value is -0.580. The minimum atomic E-state index is -4.20. The van der Waals surface area contributed by atoms with Crippen molar-refractivity contribution in [3.63, 3.8) is 0 Å². The molecule has 1 aliphatic carbocycles. The summed E-state index contributed by atoms with van der Waals surface area (Å²) in [6.07, 6.45) is 0.142. The van der Waals surface area contributed by atoms with Crippen molar-refractivity contribution in [3.05, 3.63) is 0 Å². The molecular formula is C15H26F3NO. The van der Waals surface area contributed by atoms with Crippen LogP contribution in [0.25, 0.3) is 0 Å². The number of hydrogen-bond acceptors (Lipinski definition) is 2. The number of hydrogen-bond donors (Lipinski definition) is 0. The van der Waals surface area contributed by atoms with Crippen LogP contribution in [0.5, 0.6) is 0 Å². The molecule has 2 unspecified atom stereocenters. The average molecular weight is 293 g/mol. The quantitative estimate of drug-likeness (QED) is 0.736. The molecule has 0 amide bonds. The fourth-order valence-corrected chi connectivity index (χ4v) is 3.02. The third kappa shape index (κ3) is 5.81. The number of carbonyl (C=O) groups excluding carboxylic acids is 1. The van der Waals surface area contributed by atoms with Gasteiger partial charge in [0, 0.05) is 24.9 Å². The lowest BCUT2D eigenvalue weighted by Gasteiger charge is -2.34. The highest BCUT2D eigenvalue weighted by molar-refractivity contribution is 5.81. The van der Waals surface area contributed by atoms with E-state index in [1.54, 1.807) is 13.8 Å². The standard InChI is InChI=1S/C15H26F3NO/c1-4-5-12-6-7-14(20)13(8-12)9-19(11(2)3)10-15(16,17)18/h11-13H,4-10H2,1-3H3. The first-order chi connectivity index (χ1) is 9.23. The van der Waals surface area contributed by atoms with Crippen LogP contribution in [0.1, 0.15) is 52.9 Å². The maximum atomic E-state index is 12.6. The maximum absolute atomic E-state index is 12.6. The van der Waals surface area contributed by atoms with Gasteiger partial charge in [-0.1, -0.05) is 19.8 Å². The lowest BCUT2D eigenvalue weighted by Crippen LogP contribution is -2.44. The van der Waals surface area contributed by atoms with Crippen molar-refractivity contribution in [1.82, 2.24) is 4.90 Å². The van der Waals surface area contributed by atoms with Crippen LogP contribution < -0.4 is 0 Å². The van der Waals surface area contributed by atoms with Gasteiger partial charge in [0.05, 0.1) is 6.54 Å². The highest BCUT2D eigenvalue weighted by Gasteiger charge is 2.35. The van der Waals surface area contributed by atoms with E-state index in [1.165, 1.54) is 4.90 Å². The lowest BCUT2D eigenvalue weighted by molar-refractivity contribution is -0.153. The summed E-state index contributed by atoms with van der Waals surface area (Å²) in [6, 6.07) is -0.198. The Morgan fingerprint density at radius 1 is 1.35 bits per heavy atom. The normalized spacial score (nSPS) is 24.7. The Balaban J connectivity index is 2.63. The molecule has 0 aromatic carbocycles. The molecule has 0 N–H and O–H groups in total. The SMILES string of the molecule is CCCC1CCC(=O)C(CN(CC(F)(F)F)C(C)C)C1. The van der Waals surface area contributed by atoms with E-state index in [0.29, 0.717) is 12.3 Å². The fourth-order valence-electron chi connectivity index (χ4n) is 3.02. The molecule has 0 aromatic heterocycles. The van der Waals surface area contributed by atoms with Gasteiger partial charge < -0.3 is 0 Å². The van der Waals surface area contributed by atoms with Crippen molar-refractivity contribution in [3.8, 4) is 0 Å². The molecule has 1 fully saturated rings. The largest absolute Gasteiger partial charge is 0.401 e. The first kappa shape index (κ1) is 17.5. The molecule has 0 bridgehead atoms. The van der Waals surface area contributed by atoms with Gasteiger partial charge in [-0.15, -0.1) is 0 Å². The molecule has 2 nitrogen and oxygen atoms in total. The molecule has 0 radical (unpaired) electrons. The zero-order valence-electron chi connectivity index (χ0n) is 12.7. The first-order valence-electron chi connectivity index (χ1n) is 7.56. The molecule has 5 heteroatoms. The average Bonchev–Trinajstić information content (AvgIpc) is 2.31. The summed E-state index contributed by atoms with van der Waals surface area (Å²) in [5, 5.41) is 0. The van der Waals surface area contributed by atoms with E-state index in [2.05, 4.69) is 6.92 Å². The van der Waals surface area contributed by atoms with Crippen molar-refractivity contribution >= 4 is 5.78 Å². The van der Waals surface area contributed by atoms with E-state index in [4.69, 9.17) is 0 Å². The van der Waals surface area contributed by atoms with Crippen molar-refractivity contribution in [2.75, 3.05) is 13.1 Å². The van der Waals surface area contributed by atoms with Crippen molar-refractivity contribution in [2.45, 2.75) is 65.1 Å². The van der Waals surface area contributed by atoms with Gasteiger partial charge in [0.15, 0.2) is 0 Å². The summed E-state index contributed by atoms with van der Waals surface area (Å²) in [6.45, 7) is 4.93. The second-order valence-electron chi connectivity index (χ2n) is 6.23. The number of halogens is 3. The predicted molar refractivity (Wildman–Crippen MR) is 73.5 cm³/mol. The van der Waals surface area contributed by atoms with Crippen LogP contribution in [0.4, 0.5) is 13.2 Å². The molecule has 118 valence electrons. The van der Waals surface area contributed by atoms with Crippen LogP contribution >= 0.6 is 0 Å². The summed E-state index contributed by atoms with van der Waals surface area (Å²) in [4.78, 5) is 13.3. The van der Waals surface area contributed by atoms with Crippen LogP contribution in [-0.2, 0) is 4.79 Å². The first-order valence-corrected chi connectivity index (χ1v) is 7.56. The molecule has 1 saturated carbocycles. The van der Waals surface area contributed by atoms with E-state index in [1.807, 2.05) is 0 Å². The third-order valence-corrected chi connectivity index (χ3v) is 4.14. The van der Waals surface area contributed by atoms with Crippen molar-refractivity contribution in [2.24, 2.45) is 11.8 Å². The molecule has 0 saturated heterocycles. The van der Waals surface area contributed by atoms with Gasteiger partial charge in [0.2, 0.25) is 0 Å². The summed E-state index contributed by atoms with van der Waals surface area (Å²) >= 11 is 0. The van der Waals surface area contributed by atoms with E-state index in [-0.39, 0.29) is 24.3 Å². The van der Waals surface area contributed by atoms with Crippen molar-refractivity contribution < 1.29 is 18.0 Å². The number of carbonyl (C=O) groups is 1. The zero-order chi connectivity index (χ0) is 15.3. The van der Waals surface area contributed by atoms with Gasteiger partial charge in [-0.05, 0) is 32.6 Å². The second kappa shape index (κ2) is 7.43. The highest BCUT2D eigenvalue weighted by atomic mass is 19.4. The summed E-state index contributed by atoms with van der Waals surface area (Å²) < 4.78 is 37.8. The zero-order valence-corrected chi connectivity index (χ0v) is 12.7. The van der Waals surface area contributed by atoms with Gasteiger partial charge in [-0.3, -0.25) is 9.69 Å². The Kier molecular flexibility index (Phi) is 6.49. The molecule has 0 aliphatic heterocycles. The smallest absolute Gasteiger partial charge is 0.299 e. The van der Waals surface area contributed by atoms with E-state index < -0.39 is 12.7 Å². The Labute approximate surface area is 119 Å². The third-order valence-electron chi connectivity index (χ3n) is 4.14. The molecule has 0 spiro atoms. The van der Waals surface area contributed by atoms with Crippen LogP contribution in [0, 0.1) is 11.8 Å².